The van der Waals surface area contributed by atoms with Gasteiger partial charge in [0.2, 0.25) is 5.91 Å². The molecule has 32 heavy (non-hydrogen) atoms. The third-order valence-electron chi connectivity index (χ3n) is 4.74. The third kappa shape index (κ3) is 6.34. The van der Waals surface area contributed by atoms with Gasteiger partial charge in [-0.2, -0.15) is 0 Å². The molecule has 1 aromatic heterocycles. The van der Waals surface area contributed by atoms with Crippen molar-refractivity contribution in [2.24, 2.45) is 0 Å². The van der Waals surface area contributed by atoms with Crippen LogP contribution in [-0.4, -0.2) is 31.7 Å². The number of carbonyl (C=O) groups excluding carboxylic acids is 1. The molecule has 0 unspecified atom stereocenters. The predicted octanol–water partition coefficient (Wildman–Crippen LogP) is 6.05. The van der Waals surface area contributed by atoms with Crippen LogP contribution < -0.4 is 19.5 Å². The van der Waals surface area contributed by atoms with Crippen LogP contribution in [0.25, 0.3) is 17.3 Å². The lowest BCUT2D eigenvalue weighted by Crippen LogP contribution is -2.07. The van der Waals surface area contributed by atoms with Crippen LogP contribution in [0.15, 0.2) is 53.9 Å². The van der Waals surface area contributed by atoms with Gasteiger partial charge in [0, 0.05) is 17.0 Å². The molecule has 3 rings (SSSR count). The number of nitrogens with one attached hydrogen (secondary N) is 1. The Morgan fingerprint density at radius 2 is 1.88 bits per heavy atom. The topological polar surface area (TPSA) is 69.7 Å². The van der Waals surface area contributed by atoms with Gasteiger partial charge >= 0.3 is 0 Å². The van der Waals surface area contributed by atoms with Gasteiger partial charge in [0.15, 0.2) is 16.6 Å². The number of amides is 1. The number of hydrogen-bond donors (Lipinski definition) is 1. The standard InChI is InChI=1S/C25H28N2O4S/c1-4-5-8-15-31-22-13-11-18(16-23(22)30-3)12-14-24(28)27-25-26-20(17-32-25)19-9-6-7-10-21(19)29-2/h6-7,9-14,16-17H,4-5,8,15H2,1-3H3,(H,26,27,28)/b14-12+. The second kappa shape index (κ2) is 11.9. The van der Waals surface area contributed by atoms with Gasteiger partial charge in [-0.25, -0.2) is 4.98 Å². The molecule has 0 saturated heterocycles. The number of methoxy groups -OCH3 is 2. The molecular formula is C25H28N2O4S. The van der Waals surface area contributed by atoms with E-state index < -0.39 is 0 Å². The molecule has 2 aromatic carbocycles. The van der Waals surface area contributed by atoms with Gasteiger partial charge in [-0.1, -0.05) is 38.0 Å². The average Bonchev–Trinajstić information content (AvgIpc) is 3.29. The highest BCUT2D eigenvalue weighted by Crippen LogP contribution is 2.32. The maximum atomic E-state index is 12.4. The van der Waals surface area contributed by atoms with E-state index in [0.717, 1.165) is 41.8 Å². The number of ether oxygens (including phenoxy) is 3. The zero-order valence-electron chi connectivity index (χ0n) is 18.6. The molecule has 168 valence electrons. The van der Waals surface area contributed by atoms with E-state index in [1.54, 1.807) is 20.3 Å². The molecule has 1 N–H and O–H groups in total. The first-order valence-corrected chi connectivity index (χ1v) is 11.4. The Balaban J connectivity index is 1.61. The average molecular weight is 453 g/mol. The van der Waals surface area contributed by atoms with Crippen molar-refractivity contribution in [3.63, 3.8) is 0 Å². The van der Waals surface area contributed by atoms with E-state index in [1.807, 2.05) is 47.8 Å². The second-order valence-corrected chi connectivity index (χ2v) is 7.88. The van der Waals surface area contributed by atoms with E-state index in [2.05, 4.69) is 17.2 Å². The highest BCUT2D eigenvalue weighted by Gasteiger charge is 2.10. The van der Waals surface area contributed by atoms with E-state index in [1.165, 1.54) is 17.4 Å². The molecule has 1 amide bonds. The molecule has 0 aliphatic heterocycles. The van der Waals surface area contributed by atoms with E-state index in [0.29, 0.717) is 23.2 Å². The van der Waals surface area contributed by atoms with E-state index >= 15 is 0 Å². The number of aromatic nitrogens is 1. The summed E-state index contributed by atoms with van der Waals surface area (Å²) >= 11 is 1.36. The van der Waals surface area contributed by atoms with Crippen molar-refractivity contribution in [3.8, 4) is 28.5 Å². The fourth-order valence-corrected chi connectivity index (χ4v) is 3.78. The van der Waals surface area contributed by atoms with E-state index in [-0.39, 0.29) is 5.91 Å². The molecule has 0 fully saturated rings. The van der Waals surface area contributed by atoms with Crippen molar-refractivity contribution < 1.29 is 19.0 Å². The summed E-state index contributed by atoms with van der Waals surface area (Å²) in [7, 11) is 3.23. The van der Waals surface area contributed by atoms with Gasteiger partial charge < -0.3 is 14.2 Å². The smallest absolute Gasteiger partial charge is 0.250 e. The summed E-state index contributed by atoms with van der Waals surface area (Å²) in [5.74, 6) is 1.83. The monoisotopic (exact) mass is 452 g/mol. The van der Waals surface area contributed by atoms with Crippen molar-refractivity contribution in [1.29, 1.82) is 0 Å². The Morgan fingerprint density at radius 1 is 1.06 bits per heavy atom. The molecule has 0 aliphatic carbocycles. The normalized spacial score (nSPS) is 10.8. The lowest BCUT2D eigenvalue weighted by atomic mass is 10.1. The van der Waals surface area contributed by atoms with Gasteiger partial charge in [0.05, 0.1) is 26.5 Å². The van der Waals surface area contributed by atoms with Crippen LogP contribution in [0.5, 0.6) is 17.2 Å². The number of hydrogen-bond acceptors (Lipinski definition) is 6. The number of benzene rings is 2. The summed E-state index contributed by atoms with van der Waals surface area (Å²) in [6.45, 7) is 2.82. The second-order valence-electron chi connectivity index (χ2n) is 7.03. The first-order valence-electron chi connectivity index (χ1n) is 10.5. The van der Waals surface area contributed by atoms with Gasteiger partial charge in [0.25, 0.3) is 0 Å². The van der Waals surface area contributed by atoms with Crippen LogP contribution in [0.1, 0.15) is 31.7 Å². The molecule has 0 saturated carbocycles. The van der Waals surface area contributed by atoms with Crippen molar-refractivity contribution in [2.45, 2.75) is 26.2 Å². The molecule has 0 radical (unpaired) electrons. The Morgan fingerprint density at radius 3 is 2.66 bits per heavy atom. The van der Waals surface area contributed by atoms with Gasteiger partial charge in [-0.3, -0.25) is 10.1 Å². The number of carbonyl (C=O) groups is 1. The minimum atomic E-state index is -0.259. The van der Waals surface area contributed by atoms with Crippen LogP contribution in [0.2, 0.25) is 0 Å². The Hall–Kier alpha value is -3.32. The zero-order chi connectivity index (χ0) is 22.8. The summed E-state index contributed by atoms with van der Waals surface area (Å²) in [6.07, 6.45) is 6.50. The van der Waals surface area contributed by atoms with Crippen molar-refractivity contribution >= 4 is 28.5 Å². The molecule has 0 aliphatic rings. The van der Waals surface area contributed by atoms with Crippen LogP contribution >= 0.6 is 11.3 Å². The fourth-order valence-electron chi connectivity index (χ4n) is 3.07. The van der Waals surface area contributed by atoms with Crippen LogP contribution in [0.4, 0.5) is 5.13 Å². The van der Waals surface area contributed by atoms with Gasteiger partial charge in [-0.15, -0.1) is 11.3 Å². The van der Waals surface area contributed by atoms with E-state index in [4.69, 9.17) is 14.2 Å². The van der Waals surface area contributed by atoms with Crippen molar-refractivity contribution in [1.82, 2.24) is 4.98 Å². The van der Waals surface area contributed by atoms with Crippen molar-refractivity contribution in [3.05, 3.63) is 59.5 Å². The molecule has 3 aromatic rings. The maximum absolute atomic E-state index is 12.4. The summed E-state index contributed by atoms with van der Waals surface area (Å²) in [5, 5.41) is 5.22. The first kappa shape index (κ1) is 23.3. The fraction of sp³-hybridized carbons (Fsp3) is 0.280. The minimum absolute atomic E-state index is 0.259. The molecule has 7 heteroatoms. The zero-order valence-corrected chi connectivity index (χ0v) is 19.4. The molecule has 0 spiro atoms. The molecule has 1 heterocycles. The molecule has 6 nitrogen and oxygen atoms in total. The first-order chi connectivity index (χ1) is 15.6. The SMILES string of the molecule is CCCCCOc1ccc(/C=C/C(=O)Nc2nc(-c3ccccc3OC)cs2)cc1OC. The number of para-hydroxylation sites is 1. The molecule has 0 atom stereocenters. The number of unbranched alkanes of at least 4 members (excludes halogenated alkanes) is 2. The third-order valence-corrected chi connectivity index (χ3v) is 5.50. The minimum Gasteiger partial charge on any atom is -0.496 e. The van der Waals surface area contributed by atoms with Crippen LogP contribution in [0.3, 0.4) is 0 Å². The lowest BCUT2D eigenvalue weighted by Gasteiger charge is -2.11. The Bertz CT molecular complexity index is 1060. The summed E-state index contributed by atoms with van der Waals surface area (Å²) < 4.78 is 16.6. The quantitative estimate of drug-likeness (QED) is 0.283. The summed E-state index contributed by atoms with van der Waals surface area (Å²) in [5.41, 5.74) is 2.48. The molecular weight excluding hydrogens is 424 g/mol. The highest BCUT2D eigenvalue weighted by atomic mass is 32.1. The Kier molecular flexibility index (Phi) is 8.69. The van der Waals surface area contributed by atoms with Gasteiger partial charge in [-0.05, 0) is 42.3 Å². The predicted molar refractivity (Wildman–Crippen MR) is 130 cm³/mol. The number of nitrogens with zero attached hydrogens (tertiary/aromatic N) is 1. The van der Waals surface area contributed by atoms with Crippen molar-refractivity contribution in [2.75, 3.05) is 26.1 Å². The highest BCUT2D eigenvalue weighted by molar-refractivity contribution is 7.14. The maximum Gasteiger partial charge on any atom is 0.250 e. The van der Waals surface area contributed by atoms with Crippen LogP contribution in [-0.2, 0) is 4.79 Å². The van der Waals surface area contributed by atoms with Gasteiger partial charge in [0.1, 0.15) is 5.75 Å². The largest absolute Gasteiger partial charge is 0.496 e. The number of thiazole rings is 1. The lowest BCUT2D eigenvalue weighted by molar-refractivity contribution is -0.111. The summed E-state index contributed by atoms with van der Waals surface area (Å²) in [4.78, 5) is 16.9. The number of anilines is 1. The molecule has 0 bridgehead atoms. The van der Waals surface area contributed by atoms with E-state index in [9.17, 15) is 4.79 Å². The van der Waals surface area contributed by atoms with Crippen LogP contribution in [0, 0.1) is 0 Å². The Labute approximate surface area is 192 Å². The number of rotatable bonds is 11. The summed E-state index contributed by atoms with van der Waals surface area (Å²) in [6, 6.07) is 13.3.